The molecular formula is C17H15ClN4O2S. The number of sulfonamides is 1. The number of halogens is 1. The van der Waals surface area contributed by atoms with Crippen molar-refractivity contribution in [3.05, 3.63) is 71.2 Å². The third-order valence-electron chi connectivity index (χ3n) is 3.49. The van der Waals surface area contributed by atoms with Gasteiger partial charge in [0.25, 0.3) is 10.0 Å². The molecule has 0 saturated carbocycles. The molecule has 0 amide bonds. The summed E-state index contributed by atoms with van der Waals surface area (Å²) in [6.07, 6.45) is 0. The van der Waals surface area contributed by atoms with Gasteiger partial charge in [-0.1, -0.05) is 35.9 Å². The first kappa shape index (κ1) is 17.2. The molecule has 0 saturated heterocycles. The van der Waals surface area contributed by atoms with E-state index in [0.717, 1.165) is 11.3 Å². The molecule has 0 unspecified atom stereocenters. The smallest absolute Gasteiger partial charge is 0.263 e. The first-order valence-corrected chi connectivity index (χ1v) is 9.25. The van der Waals surface area contributed by atoms with E-state index >= 15 is 0 Å². The van der Waals surface area contributed by atoms with Gasteiger partial charge in [-0.25, -0.2) is 8.42 Å². The van der Waals surface area contributed by atoms with Gasteiger partial charge in [-0.2, -0.15) is 0 Å². The summed E-state index contributed by atoms with van der Waals surface area (Å²) in [4.78, 5) is 0.161. The van der Waals surface area contributed by atoms with Crippen LogP contribution in [0.4, 0.5) is 17.3 Å². The number of benzene rings is 2. The van der Waals surface area contributed by atoms with Gasteiger partial charge in [-0.3, -0.25) is 4.72 Å². The van der Waals surface area contributed by atoms with E-state index in [2.05, 4.69) is 20.2 Å². The SMILES string of the molecule is Cc1c(Cl)cccc1Nc1ccc(NS(=O)(=O)c2ccccc2)nn1. The van der Waals surface area contributed by atoms with Crippen molar-refractivity contribution in [2.24, 2.45) is 0 Å². The topological polar surface area (TPSA) is 84.0 Å². The van der Waals surface area contributed by atoms with E-state index in [9.17, 15) is 8.42 Å². The van der Waals surface area contributed by atoms with Gasteiger partial charge in [-0.15, -0.1) is 10.2 Å². The van der Waals surface area contributed by atoms with Gasteiger partial charge in [0.05, 0.1) is 4.90 Å². The second kappa shape index (κ2) is 7.08. The predicted molar refractivity (Wildman–Crippen MR) is 98.8 cm³/mol. The van der Waals surface area contributed by atoms with Crippen molar-refractivity contribution in [2.75, 3.05) is 10.0 Å². The van der Waals surface area contributed by atoms with Crippen molar-refractivity contribution in [2.45, 2.75) is 11.8 Å². The lowest BCUT2D eigenvalue weighted by Crippen LogP contribution is -2.14. The molecule has 0 radical (unpaired) electrons. The Morgan fingerprint density at radius 1 is 0.880 bits per heavy atom. The summed E-state index contributed by atoms with van der Waals surface area (Å²) in [6, 6.07) is 16.7. The van der Waals surface area contributed by atoms with Crippen molar-refractivity contribution in [3.63, 3.8) is 0 Å². The molecule has 128 valence electrons. The normalized spacial score (nSPS) is 11.1. The third kappa shape index (κ3) is 4.07. The Labute approximate surface area is 150 Å². The molecule has 1 aromatic heterocycles. The second-order valence-corrected chi connectivity index (χ2v) is 7.35. The van der Waals surface area contributed by atoms with Crippen LogP contribution in [0, 0.1) is 6.92 Å². The molecule has 3 aromatic rings. The molecular weight excluding hydrogens is 360 g/mol. The zero-order chi connectivity index (χ0) is 17.9. The van der Waals surface area contributed by atoms with Crippen molar-refractivity contribution in [1.29, 1.82) is 0 Å². The van der Waals surface area contributed by atoms with Gasteiger partial charge in [0.1, 0.15) is 0 Å². The molecule has 0 fully saturated rings. The predicted octanol–water partition coefficient (Wildman–Crippen LogP) is 3.98. The van der Waals surface area contributed by atoms with Crippen molar-refractivity contribution >= 4 is 38.9 Å². The highest BCUT2D eigenvalue weighted by molar-refractivity contribution is 7.92. The number of anilines is 3. The highest BCUT2D eigenvalue weighted by atomic mass is 35.5. The van der Waals surface area contributed by atoms with E-state index in [0.29, 0.717) is 10.8 Å². The average molecular weight is 375 g/mol. The minimum Gasteiger partial charge on any atom is -0.338 e. The summed E-state index contributed by atoms with van der Waals surface area (Å²) in [5, 5.41) is 11.6. The summed E-state index contributed by atoms with van der Waals surface area (Å²) < 4.78 is 26.9. The van der Waals surface area contributed by atoms with Crippen molar-refractivity contribution in [1.82, 2.24) is 10.2 Å². The lowest BCUT2D eigenvalue weighted by molar-refractivity contribution is 0.601. The molecule has 0 spiro atoms. The Morgan fingerprint density at radius 3 is 2.24 bits per heavy atom. The molecule has 0 atom stereocenters. The molecule has 0 aliphatic carbocycles. The molecule has 0 bridgehead atoms. The van der Waals surface area contributed by atoms with Crippen molar-refractivity contribution in [3.8, 4) is 0 Å². The first-order valence-electron chi connectivity index (χ1n) is 7.39. The van der Waals surface area contributed by atoms with E-state index in [1.165, 1.54) is 18.2 Å². The molecule has 0 aliphatic heterocycles. The summed E-state index contributed by atoms with van der Waals surface area (Å²) in [5.41, 5.74) is 1.69. The van der Waals surface area contributed by atoms with Crippen LogP contribution in [-0.4, -0.2) is 18.6 Å². The first-order chi connectivity index (χ1) is 12.0. The summed E-state index contributed by atoms with van der Waals surface area (Å²) >= 11 is 6.08. The number of hydrogen-bond donors (Lipinski definition) is 2. The Morgan fingerprint density at radius 2 is 1.56 bits per heavy atom. The van der Waals surface area contributed by atoms with Crippen LogP contribution in [0.15, 0.2) is 65.6 Å². The third-order valence-corrected chi connectivity index (χ3v) is 5.27. The Hall–Kier alpha value is -2.64. The van der Waals surface area contributed by atoms with Gasteiger partial charge in [-0.05, 0) is 48.9 Å². The second-order valence-electron chi connectivity index (χ2n) is 5.26. The minimum atomic E-state index is -3.69. The van der Waals surface area contributed by atoms with Gasteiger partial charge < -0.3 is 5.32 Å². The molecule has 0 aliphatic rings. The maximum atomic E-state index is 12.3. The van der Waals surface area contributed by atoms with E-state index in [-0.39, 0.29) is 10.7 Å². The van der Waals surface area contributed by atoms with Gasteiger partial charge in [0.15, 0.2) is 11.6 Å². The highest BCUT2D eigenvalue weighted by Gasteiger charge is 2.14. The van der Waals surface area contributed by atoms with Crippen LogP contribution in [-0.2, 0) is 10.0 Å². The van der Waals surface area contributed by atoms with Crippen molar-refractivity contribution < 1.29 is 8.42 Å². The van der Waals surface area contributed by atoms with Gasteiger partial charge in [0.2, 0.25) is 0 Å². The fourth-order valence-electron chi connectivity index (χ4n) is 2.13. The highest BCUT2D eigenvalue weighted by Crippen LogP contribution is 2.25. The maximum Gasteiger partial charge on any atom is 0.263 e. The van der Waals surface area contributed by atoms with Gasteiger partial charge >= 0.3 is 0 Å². The van der Waals surface area contributed by atoms with Crippen LogP contribution in [0.5, 0.6) is 0 Å². The largest absolute Gasteiger partial charge is 0.338 e. The van der Waals surface area contributed by atoms with Crippen LogP contribution in [0.25, 0.3) is 0 Å². The summed E-state index contributed by atoms with van der Waals surface area (Å²) in [6.45, 7) is 1.89. The Bertz CT molecular complexity index is 977. The number of rotatable bonds is 5. The Balaban J connectivity index is 1.76. The molecule has 2 N–H and O–H groups in total. The number of nitrogens with zero attached hydrogens (tertiary/aromatic N) is 2. The quantitative estimate of drug-likeness (QED) is 0.705. The lowest BCUT2D eigenvalue weighted by atomic mass is 10.2. The zero-order valence-electron chi connectivity index (χ0n) is 13.3. The van der Waals surface area contributed by atoms with E-state index in [1.807, 2.05) is 19.1 Å². The van der Waals surface area contributed by atoms with E-state index in [1.54, 1.807) is 30.3 Å². The number of aromatic nitrogens is 2. The fraction of sp³-hybridized carbons (Fsp3) is 0.0588. The summed E-state index contributed by atoms with van der Waals surface area (Å²) in [5.74, 6) is 0.616. The van der Waals surface area contributed by atoms with Crippen LogP contribution >= 0.6 is 11.6 Å². The van der Waals surface area contributed by atoms with Crippen LogP contribution in [0.1, 0.15) is 5.56 Å². The van der Waals surface area contributed by atoms with E-state index < -0.39 is 10.0 Å². The van der Waals surface area contributed by atoms with Gasteiger partial charge in [0, 0.05) is 10.7 Å². The number of nitrogens with one attached hydrogen (secondary N) is 2. The molecule has 6 nitrogen and oxygen atoms in total. The fourth-order valence-corrected chi connectivity index (χ4v) is 3.32. The van der Waals surface area contributed by atoms with E-state index in [4.69, 9.17) is 11.6 Å². The monoisotopic (exact) mass is 374 g/mol. The minimum absolute atomic E-state index is 0.136. The summed E-state index contributed by atoms with van der Waals surface area (Å²) in [7, 11) is -3.69. The lowest BCUT2D eigenvalue weighted by Gasteiger charge is -2.10. The average Bonchev–Trinajstić information content (AvgIpc) is 2.61. The zero-order valence-corrected chi connectivity index (χ0v) is 14.8. The molecule has 2 aromatic carbocycles. The maximum absolute atomic E-state index is 12.3. The molecule has 25 heavy (non-hydrogen) atoms. The molecule has 3 rings (SSSR count). The molecule has 8 heteroatoms. The van der Waals surface area contributed by atoms with Crippen LogP contribution in [0.2, 0.25) is 5.02 Å². The van der Waals surface area contributed by atoms with Crippen LogP contribution in [0.3, 0.4) is 0 Å². The van der Waals surface area contributed by atoms with Crippen LogP contribution < -0.4 is 10.0 Å². The molecule has 1 heterocycles. The standard InChI is InChI=1S/C17H15ClN4O2S/c1-12-14(18)8-5-9-15(12)19-16-10-11-17(21-20-16)22-25(23,24)13-6-3-2-4-7-13/h2-11H,1H3,(H,19,20)(H,21,22). The number of hydrogen-bond acceptors (Lipinski definition) is 5. The Kier molecular flexibility index (Phi) is 4.87.